The van der Waals surface area contributed by atoms with Gasteiger partial charge in [-0.05, 0) is 42.5 Å². The topological polar surface area (TPSA) is 70.1 Å². The Morgan fingerprint density at radius 1 is 1.12 bits per heavy atom. The number of halogens is 1. The van der Waals surface area contributed by atoms with Gasteiger partial charge in [0.1, 0.15) is 9.71 Å². The van der Waals surface area contributed by atoms with Crippen LogP contribution in [0.2, 0.25) is 5.02 Å². The molecule has 0 radical (unpaired) electrons. The number of benzene rings is 1. The van der Waals surface area contributed by atoms with E-state index in [9.17, 15) is 4.79 Å². The first kappa shape index (κ1) is 15.7. The monoisotopic (exact) mass is 366 g/mol. The molecule has 3 heterocycles. The summed E-state index contributed by atoms with van der Waals surface area (Å²) in [6.45, 7) is 0. The van der Waals surface area contributed by atoms with Crippen molar-refractivity contribution in [3.63, 3.8) is 0 Å². The molecular formula is C19H13ClN3OS+. The highest BCUT2D eigenvalue weighted by Gasteiger charge is 2.19. The molecule has 0 unspecified atom stereocenters. The second kappa shape index (κ2) is 6.27. The highest BCUT2D eigenvalue weighted by atomic mass is 35.5. The zero-order chi connectivity index (χ0) is 17.4. The zero-order valence-electron chi connectivity index (χ0n) is 13.0. The summed E-state index contributed by atoms with van der Waals surface area (Å²) in [5.41, 5.74) is 9.04. The van der Waals surface area contributed by atoms with Crippen LogP contribution < -0.4 is 10.7 Å². The van der Waals surface area contributed by atoms with Crippen LogP contribution in [-0.2, 0) is 0 Å². The van der Waals surface area contributed by atoms with Crippen molar-refractivity contribution >= 4 is 44.6 Å². The van der Waals surface area contributed by atoms with E-state index in [1.165, 1.54) is 11.3 Å². The standard InChI is InChI=1S/C19H12ClN3OS/c20-13-5-3-11(4-6-13)17(24)18-16(21)14-7-8-15(23-19(14)25-18)12-2-1-9-22-10-12/h1-10H,21H2/p+1. The normalized spacial score (nSPS) is 10.9. The summed E-state index contributed by atoms with van der Waals surface area (Å²) in [6.07, 6.45) is 3.72. The van der Waals surface area contributed by atoms with E-state index in [-0.39, 0.29) is 5.78 Å². The number of ketones is 1. The molecule has 0 bridgehead atoms. The lowest BCUT2D eigenvalue weighted by Crippen LogP contribution is -2.01. The number of H-pyrrole nitrogens is 1. The Hall–Kier alpha value is -2.76. The Labute approximate surface area is 152 Å². The van der Waals surface area contributed by atoms with E-state index < -0.39 is 0 Å². The van der Waals surface area contributed by atoms with Crippen molar-refractivity contribution in [3.05, 3.63) is 76.4 Å². The highest BCUT2D eigenvalue weighted by Crippen LogP contribution is 2.35. The van der Waals surface area contributed by atoms with Crippen molar-refractivity contribution in [3.8, 4) is 11.3 Å². The van der Waals surface area contributed by atoms with Crippen LogP contribution in [0.1, 0.15) is 15.2 Å². The van der Waals surface area contributed by atoms with Crippen LogP contribution in [-0.4, -0.2) is 10.8 Å². The third kappa shape index (κ3) is 2.88. The van der Waals surface area contributed by atoms with E-state index in [2.05, 4.69) is 9.97 Å². The molecule has 3 aromatic heterocycles. The number of thiophene rings is 1. The van der Waals surface area contributed by atoms with Crippen molar-refractivity contribution in [2.24, 2.45) is 0 Å². The van der Waals surface area contributed by atoms with E-state index >= 15 is 0 Å². The largest absolute Gasteiger partial charge is 0.397 e. The molecule has 0 saturated heterocycles. The molecule has 0 atom stereocenters. The molecular weight excluding hydrogens is 354 g/mol. The second-order valence-corrected chi connectivity index (χ2v) is 6.96. The average Bonchev–Trinajstić information content (AvgIpc) is 2.98. The summed E-state index contributed by atoms with van der Waals surface area (Å²) in [4.78, 5) is 21.7. The number of rotatable bonds is 3. The summed E-state index contributed by atoms with van der Waals surface area (Å²) >= 11 is 7.20. The van der Waals surface area contributed by atoms with Crippen LogP contribution in [0.5, 0.6) is 0 Å². The van der Waals surface area contributed by atoms with E-state index in [1.807, 2.05) is 36.7 Å². The number of anilines is 1. The maximum absolute atomic E-state index is 12.8. The molecule has 4 aromatic rings. The number of nitrogens with two attached hydrogens (primary N) is 1. The van der Waals surface area contributed by atoms with Gasteiger partial charge in [0.05, 0.1) is 16.9 Å². The molecule has 25 heavy (non-hydrogen) atoms. The lowest BCUT2D eigenvalue weighted by atomic mass is 10.1. The average molecular weight is 367 g/mol. The highest BCUT2D eigenvalue weighted by molar-refractivity contribution is 7.21. The van der Waals surface area contributed by atoms with Crippen LogP contribution in [0.3, 0.4) is 0 Å². The molecule has 3 N–H and O–H groups in total. The third-order valence-corrected chi connectivity index (χ3v) is 5.28. The molecule has 4 rings (SSSR count). The van der Waals surface area contributed by atoms with Gasteiger partial charge in [-0.3, -0.25) is 4.79 Å². The quantitative estimate of drug-likeness (QED) is 0.551. The summed E-state index contributed by atoms with van der Waals surface area (Å²) in [5, 5.41) is 1.39. The SMILES string of the molecule is Nc1c(C(=O)c2ccc(Cl)cc2)sc2nc(-c3ccc[nH+]c3)ccc12. The predicted molar refractivity (Wildman–Crippen MR) is 101 cm³/mol. The fourth-order valence-corrected chi connectivity index (χ4v) is 3.79. The van der Waals surface area contributed by atoms with Gasteiger partial charge in [-0.1, -0.05) is 11.6 Å². The van der Waals surface area contributed by atoms with Crippen molar-refractivity contribution < 1.29 is 9.78 Å². The molecule has 0 saturated carbocycles. The summed E-state index contributed by atoms with van der Waals surface area (Å²) in [7, 11) is 0. The Morgan fingerprint density at radius 2 is 1.92 bits per heavy atom. The Balaban J connectivity index is 1.79. The van der Waals surface area contributed by atoms with Crippen molar-refractivity contribution in [2.45, 2.75) is 0 Å². The molecule has 6 heteroatoms. The number of fused-ring (bicyclic) bond motifs is 1. The number of nitrogens with one attached hydrogen (secondary N) is 1. The van der Waals surface area contributed by atoms with Crippen LogP contribution in [0.4, 0.5) is 5.69 Å². The van der Waals surface area contributed by atoms with Crippen LogP contribution in [0.15, 0.2) is 60.9 Å². The fraction of sp³-hybridized carbons (Fsp3) is 0. The summed E-state index contributed by atoms with van der Waals surface area (Å²) in [6, 6.07) is 14.5. The molecule has 122 valence electrons. The van der Waals surface area contributed by atoms with Crippen LogP contribution in [0, 0.1) is 0 Å². The van der Waals surface area contributed by atoms with Crippen molar-refractivity contribution in [1.29, 1.82) is 0 Å². The van der Waals surface area contributed by atoms with Gasteiger partial charge in [-0.2, -0.15) is 0 Å². The minimum atomic E-state index is -0.119. The predicted octanol–water partition coefficient (Wildman–Crippen LogP) is 4.24. The number of hydrogen-bond donors (Lipinski definition) is 1. The summed E-state index contributed by atoms with van der Waals surface area (Å²) < 4.78 is 0. The molecule has 0 amide bonds. The van der Waals surface area contributed by atoms with Gasteiger partial charge in [0.25, 0.3) is 0 Å². The van der Waals surface area contributed by atoms with Gasteiger partial charge in [0, 0.05) is 22.0 Å². The smallest absolute Gasteiger partial charge is 0.205 e. The van der Waals surface area contributed by atoms with Gasteiger partial charge in [0.15, 0.2) is 12.4 Å². The van der Waals surface area contributed by atoms with E-state index in [1.54, 1.807) is 24.3 Å². The van der Waals surface area contributed by atoms with Crippen molar-refractivity contribution in [2.75, 3.05) is 5.73 Å². The molecule has 1 aromatic carbocycles. The number of carbonyl (C=O) groups is 1. The molecule has 0 aliphatic heterocycles. The van der Waals surface area contributed by atoms with E-state index in [0.29, 0.717) is 21.2 Å². The lowest BCUT2D eigenvalue weighted by Gasteiger charge is -2.00. The number of aromatic amines is 1. The Kier molecular flexibility index (Phi) is 3.95. The van der Waals surface area contributed by atoms with Gasteiger partial charge in [0.2, 0.25) is 5.78 Å². The van der Waals surface area contributed by atoms with E-state index in [0.717, 1.165) is 21.5 Å². The number of nitrogens with zero attached hydrogens (tertiary/aromatic N) is 1. The number of carbonyl (C=O) groups excluding carboxylic acids is 1. The number of pyridine rings is 2. The number of hydrogen-bond acceptors (Lipinski definition) is 4. The molecule has 4 nitrogen and oxygen atoms in total. The van der Waals surface area contributed by atoms with Gasteiger partial charge < -0.3 is 5.73 Å². The Bertz CT molecular complexity index is 1080. The first-order valence-electron chi connectivity index (χ1n) is 7.59. The minimum absolute atomic E-state index is 0.119. The fourth-order valence-electron chi connectivity index (χ4n) is 2.61. The number of nitrogen functional groups attached to an aromatic ring is 1. The maximum atomic E-state index is 12.8. The van der Waals surface area contributed by atoms with Gasteiger partial charge in [-0.25, -0.2) is 9.97 Å². The molecule has 0 fully saturated rings. The number of aromatic nitrogens is 2. The zero-order valence-corrected chi connectivity index (χ0v) is 14.6. The second-order valence-electron chi connectivity index (χ2n) is 5.52. The van der Waals surface area contributed by atoms with Crippen LogP contribution in [0.25, 0.3) is 21.5 Å². The van der Waals surface area contributed by atoms with Crippen LogP contribution >= 0.6 is 22.9 Å². The molecule has 0 aliphatic rings. The molecule has 0 spiro atoms. The minimum Gasteiger partial charge on any atom is -0.397 e. The van der Waals surface area contributed by atoms with E-state index in [4.69, 9.17) is 17.3 Å². The Morgan fingerprint density at radius 3 is 2.64 bits per heavy atom. The first-order valence-corrected chi connectivity index (χ1v) is 8.79. The third-order valence-electron chi connectivity index (χ3n) is 3.91. The van der Waals surface area contributed by atoms with Gasteiger partial charge >= 0.3 is 0 Å². The van der Waals surface area contributed by atoms with Gasteiger partial charge in [-0.15, -0.1) is 11.3 Å². The lowest BCUT2D eigenvalue weighted by molar-refractivity contribution is -0.377. The first-order chi connectivity index (χ1) is 12.1. The molecule has 0 aliphatic carbocycles. The summed E-state index contributed by atoms with van der Waals surface area (Å²) in [5.74, 6) is -0.119. The van der Waals surface area contributed by atoms with Crippen molar-refractivity contribution in [1.82, 2.24) is 4.98 Å². The maximum Gasteiger partial charge on any atom is 0.205 e.